The van der Waals surface area contributed by atoms with Gasteiger partial charge in [-0.3, -0.25) is 10.2 Å². The van der Waals surface area contributed by atoms with E-state index in [2.05, 4.69) is 5.32 Å². The molecule has 0 radical (unpaired) electrons. The van der Waals surface area contributed by atoms with E-state index >= 15 is 0 Å². The lowest BCUT2D eigenvalue weighted by Crippen LogP contribution is -2.25. The first kappa shape index (κ1) is 20.7. The monoisotopic (exact) mass is 461 g/mol. The Hall–Kier alpha value is -3.22. The van der Waals surface area contributed by atoms with Gasteiger partial charge in [0.1, 0.15) is 11.6 Å². The second kappa shape index (κ2) is 8.37. The molecular weight excluding hydrogens is 442 g/mol. The van der Waals surface area contributed by atoms with Crippen molar-refractivity contribution < 1.29 is 9.53 Å². The Bertz CT molecular complexity index is 1280. The second-order valence-corrected chi connectivity index (χ2v) is 8.98. The first-order chi connectivity index (χ1) is 15.5. The summed E-state index contributed by atoms with van der Waals surface area (Å²) in [6.45, 7) is 1.81. The van der Waals surface area contributed by atoms with Crippen molar-refractivity contribution in [3.05, 3.63) is 111 Å². The number of rotatable bonds is 5. The summed E-state index contributed by atoms with van der Waals surface area (Å²) in [5, 5.41) is 13.1. The second-order valence-electron chi connectivity index (χ2n) is 7.59. The zero-order valence-electron chi connectivity index (χ0n) is 17.3. The number of amides is 1. The van der Waals surface area contributed by atoms with Crippen LogP contribution in [-0.4, -0.2) is 16.3 Å². The molecule has 5 rings (SSSR count). The molecule has 0 saturated carbocycles. The Morgan fingerprint density at radius 3 is 2.62 bits per heavy atom. The summed E-state index contributed by atoms with van der Waals surface area (Å²) in [4.78, 5) is 13.3. The topological polar surface area (TPSA) is 67.1 Å². The molecule has 2 aliphatic rings. The summed E-state index contributed by atoms with van der Waals surface area (Å²) < 4.78 is 7.99. The van der Waals surface area contributed by atoms with Gasteiger partial charge in [-0.1, -0.05) is 53.7 Å². The molecule has 3 heterocycles. The van der Waals surface area contributed by atoms with E-state index in [0.717, 1.165) is 22.5 Å². The standard InChI is InChI=1S/C25H20ClN3O2S/c1-15-20(24(30)28-18-6-3-2-4-7-18)21-19-8-5-13-29(19)23(27)22(21)25(31-15)32-14-16-9-11-17(26)12-10-16/h2-13,21,27H,14H2,1H3,(H,28,30). The van der Waals surface area contributed by atoms with Gasteiger partial charge in [0.2, 0.25) is 0 Å². The maximum absolute atomic E-state index is 13.3. The van der Waals surface area contributed by atoms with E-state index in [0.29, 0.717) is 33.0 Å². The molecule has 2 aromatic carbocycles. The minimum absolute atomic E-state index is 0.222. The quantitative estimate of drug-likeness (QED) is 0.478. The van der Waals surface area contributed by atoms with Crippen molar-refractivity contribution in [1.29, 1.82) is 5.41 Å². The van der Waals surface area contributed by atoms with Crippen LogP contribution in [0.3, 0.4) is 0 Å². The molecule has 160 valence electrons. The molecule has 5 nitrogen and oxygen atoms in total. The number of para-hydroxylation sites is 1. The molecule has 0 saturated heterocycles. The highest BCUT2D eigenvalue weighted by molar-refractivity contribution is 8.02. The number of anilines is 1. The number of thioether (sulfide) groups is 1. The zero-order chi connectivity index (χ0) is 22.2. The van der Waals surface area contributed by atoms with Crippen molar-refractivity contribution in [2.75, 3.05) is 5.32 Å². The van der Waals surface area contributed by atoms with E-state index in [1.165, 1.54) is 11.8 Å². The van der Waals surface area contributed by atoms with Gasteiger partial charge in [-0.05, 0) is 48.9 Å². The number of hydrogen-bond acceptors (Lipinski definition) is 4. The third-order valence-electron chi connectivity index (χ3n) is 5.55. The molecule has 3 aromatic rings. The summed E-state index contributed by atoms with van der Waals surface area (Å²) in [5.41, 5.74) is 3.97. The molecule has 32 heavy (non-hydrogen) atoms. The van der Waals surface area contributed by atoms with Crippen LogP contribution in [0.25, 0.3) is 0 Å². The highest BCUT2D eigenvalue weighted by atomic mass is 35.5. The Balaban J connectivity index is 1.49. The van der Waals surface area contributed by atoms with Gasteiger partial charge in [0.05, 0.1) is 17.1 Å². The molecule has 1 unspecified atom stereocenters. The van der Waals surface area contributed by atoms with E-state index < -0.39 is 0 Å². The van der Waals surface area contributed by atoms with Crippen LogP contribution in [-0.2, 0) is 15.3 Å². The average molecular weight is 462 g/mol. The van der Waals surface area contributed by atoms with Gasteiger partial charge in [-0.15, -0.1) is 0 Å². The summed E-state index contributed by atoms with van der Waals surface area (Å²) in [6.07, 6.45) is 1.85. The first-order valence-electron chi connectivity index (χ1n) is 10.2. The lowest BCUT2D eigenvalue weighted by molar-refractivity contribution is -0.113. The number of benzene rings is 2. The number of halogens is 1. The fraction of sp³-hybridized carbons (Fsp3) is 0.120. The minimum Gasteiger partial charge on any atom is -0.454 e. The van der Waals surface area contributed by atoms with Crippen LogP contribution in [0.15, 0.2) is 94.9 Å². The van der Waals surface area contributed by atoms with Crippen molar-refractivity contribution in [2.24, 2.45) is 0 Å². The molecule has 2 N–H and O–H groups in total. The van der Waals surface area contributed by atoms with Crippen molar-refractivity contribution >= 4 is 40.8 Å². The number of carbonyl (C=O) groups excluding carboxylic acids is 1. The highest BCUT2D eigenvalue weighted by Gasteiger charge is 2.44. The largest absolute Gasteiger partial charge is 0.454 e. The number of allylic oxidation sites excluding steroid dienone is 2. The summed E-state index contributed by atoms with van der Waals surface area (Å²) in [5.74, 6) is 0.992. The Kier molecular flexibility index (Phi) is 5.41. The van der Waals surface area contributed by atoms with Gasteiger partial charge in [0.15, 0.2) is 5.09 Å². The van der Waals surface area contributed by atoms with Crippen LogP contribution < -0.4 is 5.32 Å². The molecule has 1 amide bonds. The van der Waals surface area contributed by atoms with Crippen LogP contribution in [0, 0.1) is 5.41 Å². The van der Waals surface area contributed by atoms with Crippen molar-refractivity contribution in [3.63, 3.8) is 0 Å². The van der Waals surface area contributed by atoms with E-state index in [9.17, 15) is 4.79 Å². The third kappa shape index (κ3) is 3.66. The molecule has 0 spiro atoms. The number of nitrogens with zero attached hydrogens (tertiary/aromatic N) is 1. The van der Waals surface area contributed by atoms with Gasteiger partial charge in [-0.2, -0.15) is 0 Å². The smallest absolute Gasteiger partial charge is 0.256 e. The normalized spacial score (nSPS) is 17.2. The Morgan fingerprint density at radius 1 is 1.12 bits per heavy atom. The Labute approximate surface area is 195 Å². The first-order valence-corrected chi connectivity index (χ1v) is 11.5. The number of aromatic nitrogens is 1. The van der Waals surface area contributed by atoms with Crippen LogP contribution in [0.1, 0.15) is 24.1 Å². The Morgan fingerprint density at radius 2 is 1.88 bits per heavy atom. The van der Waals surface area contributed by atoms with Gasteiger partial charge in [0.25, 0.3) is 5.91 Å². The van der Waals surface area contributed by atoms with Crippen LogP contribution >= 0.6 is 23.4 Å². The number of ether oxygens (including phenoxy) is 1. The molecule has 0 fully saturated rings. The maximum Gasteiger partial charge on any atom is 0.256 e. The van der Waals surface area contributed by atoms with E-state index in [-0.39, 0.29) is 11.8 Å². The van der Waals surface area contributed by atoms with Crippen LogP contribution in [0.5, 0.6) is 0 Å². The summed E-state index contributed by atoms with van der Waals surface area (Å²) in [6, 6.07) is 20.9. The third-order valence-corrected chi connectivity index (χ3v) is 6.85. The number of hydrogen-bond donors (Lipinski definition) is 2. The van der Waals surface area contributed by atoms with Crippen molar-refractivity contribution in [3.8, 4) is 0 Å². The number of carbonyl (C=O) groups is 1. The highest BCUT2D eigenvalue weighted by Crippen LogP contribution is 2.48. The zero-order valence-corrected chi connectivity index (χ0v) is 18.8. The number of fused-ring (bicyclic) bond motifs is 3. The minimum atomic E-state index is -0.345. The van der Waals surface area contributed by atoms with Crippen LogP contribution in [0.2, 0.25) is 5.02 Å². The van der Waals surface area contributed by atoms with Crippen LogP contribution in [0.4, 0.5) is 5.69 Å². The summed E-state index contributed by atoms with van der Waals surface area (Å²) in [7, 11) is 0. The van der Waals surface area contributed by atoms with Crippen molar-refractivity contribution in [2.45, 2.75) is 18.6 Å². The molecule has 0 aliphatic carbocycles. The van der Waals surface area contributed by atoms with Gasteiger partial charge >= 0.3 is 0 Å². The fourth-order valence-electron chi connectivity index (χ4n) is 4.05. The molecule has 0 bridgehead atoms. The molecule has 2 aliphatic heterocycles. The van der Waals surface area contributed by atoms with Crippen molar-refractivity contribution in [1.82, 2.24) is 4.57 Å². The maximum atomic E-state index is 13.3. The molecule has 1 aromatic heterocycles. The predicted octanol–water partition coefficient (Wildman–Crippen LogP) is 6.15. The predicted molar refractivity (Wildman–Crippen MR) is 129 cm³/mol. The van der Waals surface area contributed by atoms with E-state index in [1.54, 1.807) is 0 Å². The number of nitrogens with one attached hydrogen (secondary N) is 2. The SMILES string of the molecule is CC1=C(C(=O)Nc2ccccc2)C2C(=C(SCc3ccc(Cl)cc3)O1)C(=N)n1cccc12. The average Bonchev–Trinajstić information content (AvgIpc) is 3.37. The molecule has 7 heteroatoms. The van der Waals surface area contributed by atoms with E-state index in [1.807, 2.05) is 84.4 Å². The summed E-state index contributed by atoms with van der Waals surface area (Å²) >= 11 is 7.53. The van der Waals surface area contributed by atoms with Gasteiger partial charge in [0, 0.05) is 28.4 Å². The lowest BCUT2D eigenvalue weighted by Gasteiger charge is -2.26. The molecule has 1 atom stereocenters. The lowest BCUT2D eigenvalue weighted by atomic mass is 9.87. The molecular formula is C25H20ClN3O2S. The fourth-order valence-corrected chi connectivity index (χ4v) is 5.22. The van der Waals surface area contributed by atoms with E-state index in [4.69, 9.17) is 21.7 Å². The van der Waals surface area contributed by atoms with Gasteiger partial charge < -0.3 is 14.6 Å². The van der Waals surface area contributed by atoms with Gasteiger partial charge in [-0.25, -0.2) is 0 Å².